The molecule has 0 amide bonds. The molecule has 1 atom stereocenters. The van der Waals surface area contributed by atoms with Gasteiger partial charge in [0.15, 0.2) is 0 Å². The Bertz CT molecular complexity index is 797. The first-order valence-electron chi connectivity index (χ1n) is 7.58. The van der Waals surface area contributed by atoms with E-state index in [0.717, 1.165) is 5.56 Å². The summed E-state index contributed by atoms with van der Waals surface area (Å²) >= 11 is 0. The van der Waals surface area contributed by atoms with Crippen LogP contribution in [0.4, 0.5) is 0 Å². The number of hydrogen-bond acceptors (Lipinski definition) is 6. The van der Waals surface area contributed by atoms with Crippen LogP contribution in [0, 0.1) is 5.92 Å². The first kappa shape index (κ1) is 16.9. The van der Waals surface area contributed by atoms with Crippen molar-refractivity contribution in [3.8, 4) is 5.88 Å². The summed E-state index contributed by atoms with van der Waals surface area (Å²) < 4.78 is 34.4. The van der Waals surface area contributed by atoms with Crippen LogP contribution in [-0.4, -0.2) is 41.5 Å². The highest BCUT2D eigenvalue weighted by atomic mass is 32.2. The fourth-order valence-electron chi connectivity index (χ4n) is 2.81. The van der Waals surface area contributed by atoms with Crippen molar-refractivity contribution in [1.82, 2.24) is 19.5 Å². The van der Waals surface area contributed by atoms with Gasteiger partial charge in [-0.2, -0.15) is 5.10 Å². The zero-order valence-electron chi connectivity index (χ0n) is 13.5. The molecule has 24 heavy (non-hydrogen) atoms. The van der Waals surface area contributed by atoms with E-state index in [9.17, 15) is 13.5 Å². The summed E-state index contributed by atoms with van der Waals surface area (Å²) in [6, 6.07) is 3.01. The normalized spacial score (nSPS) is 22.0. The largest absolute Gasteiger partial charge is 0.481 e. The maximum Gasteiger partial charge on any atom is 0.244 e. The molecule has 1 aliphatic carbocycles. The van der Waals surface area contributed by atoms with E-state index in [2.05, 4.69) is 14.8 Å². The number of sulfonamides is 1. The van der Waals surface area contributed by atoms with E-state index in [1.54, 1.807) is 25.4 Å². The molecule has 0 radical (unpaired) electrons. The number of pyridine rings is 1. The van der Waals surface area contributed by atoms with Gasteiger partial charge in [-0.15, -0.1) is 0 Å². The molecule has 1 saturated carbocycles. The molecule has 2 N–H and O–H groups in total. The van der Waals surface area contributed by atoms with E-state index in [4.69, 9.17) is 4.74 Å². The minimum absolute atomic E-state index is 0.0154. The van der Waals surface area contributed by atoms with Gasteiger partial charge < -0.3 is 9.84 Å². The Labute approximate surface area is 140 Å². The highest BCUT2D eigenvalue weighted by Crippen LogP contribution is 2.39. The molecule has 8 nitrogen and oxygen atoms in total. The fourth-order valence-corrected chi connectivity index (χ4v) is 4.08. The molecule has 2 aromatic heterocycles. The summed E-state index contributed by atoms with van der Waals surface area (Å²) in [5, 5.41) is 13.5. The summed E-state index contributed by atoms with van der Waals surface area (Å²) in [5.74, 6) is 0.475. The third-order valence-electron chi connectivity index (χ3n) is 4.22. The van der Waals surface area contributed by atoms with Gasteiger partial charge in [0.25, 0.3) is 0 Å². The molecule has 0 aliphatic heterocycles. The SMILES string of the molecule is COc1ccc([C@H](NS(=O)(=O)c2cnn(C)c2)C2CC(O)C2)cn1. The highest BCUT2D eigenvalue weighted by Gasteiger charge is 2.37. The van der Waals surface area contributed by atoms with E-state index in [1.165, 1.54) is 24.2 Å². The van der Waals surface area contributed by atoms with Gasteiger partial charge in [-0.05, 0) is 24.3 Å². The lowest BCUT2D eigenvalue weighted by Crippen LogP contribution is -2.41. The van der Waals surface area contributed by atoms with Gasteiger partial charge in [0.1, 0.15) is 4.90 Å². The molecule has 0 aromatic carbocycles. The summed E-state index contributed by atoms with van der Waals surface area (Å²) in [5.41, 5.74) is 0.736. The topological polar surface area (TPSA) is 106 Å². The monoisotopic (exact) mass is 352 g/mol. The lowest BCUT2D eigenvalue weighted by molar-refractivity contribution is 0.0279. The van der Waals surface area contributed by atoms with Crippen LogP contribution in [0.2, 0.25) is 0 Å². The van der Waals surface area contributed by atoms with Crippen molar-refractivity contribution in [2.75, 3.05) is 7.11 Å². The number of nitrogens with one attached hydrogen (secondary N) is 1. The second kappa shape index (κ2) is 6.50. The zero-order valence-corrected chi connectivity index (χ0v) is 14.3. The summed E-state index contributed by atoms with van der Waals surface area (Å²) in [6.07, 6.45) is 5.06. The molecule has 2 aromatic rings. The van der Waals surface area contributed by atoms with Crippen molar-refractivity contribution in [3.05, 3.63) is 36.3 Å². The zero-order chi connectivity index (χ0) is 17.3. The third-order valence-corrected chi connectivity index (χ3v) is 5.62. The number of hydrogen-bond donors (Lipinski definition) is 2. The molecule has 1 aliphatic rings. The van der Waals surface area contributed by atoms with Crippen LogP contribution < -0.4 is 9.46 Å². The lowest BCUT2D eigenvalue weighted by Gasteiger charge is -2.37. The number of nitrogens with zero attached hydrogens (tertiary/aromatic N) is 3. The van der Waals surface area contributed by atoms with E-state index >= 15 is 0 Å². The van der Waals surface area contributed by atoms with Gasteiger partial charge in [-0.1, -0.05) is 6.07 Å². The van der Waals surface area contributed by atoms with Crippen LogP contribution in [0.25, 0.3) is 0 Å². The molecule has 130 valence electrons. The smallest absolute Gasteiger partial charge is 0.244 e. The summed E-state index contributed by atoms with van der Waals surface area (Å²) in [7, 11) is -0.536. The second-order valence-electron chi connectivity index (χ2n) is 5.97. The molecule has 1 fully saturated rings. The van der Waals surface area contributed by atoms with Gasteiger partial charge >= 0.3 is 0 Å². The molecule has 0 saturated heterocycles. The van der Waals surface area contributed by atoms with E-state index in [-0.39, 0.29) is 16.9 Å². The number of aromatic nitrogens is 3. The van der Waals surface area contributed by atoms with Gasteiger partial charge in [0, 0.05) is 25.5 Å². The van der Waals surface area contributed by atoms with Crippen molar-refractivity contribution in [2.45, 2.75) is 29.9 Å². The van der Waals surface area contributed by atoms with Crippen LogP contribution in [0.15, 0.2) is 35.6 Å². The number of aryl methyl sites for hydroxylation is 1. The van der Waals surface area contributed by atoms with Crippen molar-refractivity contribution in [3.63, 3.8) is 0 Å². The van der Waals surface area contributed by atoms with Gasteiger partial charge in [-0.25, -0.2) is 18.1 Å². The maximum atomic E-state index is 12.6. The highest BCUT2D eigenvalue weighted by molar-refractivity contribution is 7.89. The Balaban J connectivity index is 1.87. The van der Waals surface area contributed by atoms with Crippen LogP contribution in [0.3, 0.4) is 0 Å². The Morgan fingerprint density at radius 2 is 2.12 bits per heavy atom. The van der Waals surface area contributed by atoms with Crippen molar-refractivity contribution < 1.29 is 18.3 Å². The van der Waals surface area contributed by atoms with Crippen LogP contribution >= 0.6 is 0 Å². The van der Waals surface area contributed by atoms with Crippen molar-refractivity contribution >= 4 is 10.0 Å². The standard InChI is InChI=1S/C15H20N4O4S/c1-19-9-13(8-17-19)24(21,22)18-15(11-5-12(20)6-11)10-3-4-14(23-2)16-7-10/h3-4,7-9,11-12,15,18,20H,5-6H2,1-2H3/t11?,12?,15-/m0/s1. The predicted molar refractivity (Wildman–Crippen MR) is 85.8 cm³/mol. The molecule has 0 bridgehead atoms. The number of aliphatic hydroxyl groups excluding tert-OH is 1. The predicted octanol–water partition coefficient (Wildman–Crippen LogP) is 0.614. The molecule has 2 heterocycles. The summed E-state index contributed by atoms with van der Waals surface area (Å²) in [6.45, 7) is 0. The fraction of sp³-hybridized carbons (Fsp3) is 0.467. The van der Waals surface area contributed by atoms with E-state index in [1.807, 2.05) is 0 Å². The van der Waals surface area contributed by atoms with Gasteiger partial charge in [0.05, 0.1) is 25.5 Å². The number of rotatable bonds is 6. The minimum atomic E-state index is -3.72. The van der Waals surface area contributed by atoms with Crippen LogP contribution in [-0.2, 0) is 17.1 Å². The van der Waals surface area contributed by atoms with Gasteiger partial charge in [-0.3, -0.25) is 4.68 Å². The first-order chi connectivity index (χ1) is 11.4. The Kier molecular flexibility index (Phi) is 4.57. The summed E-state index contributed by atoms with van der Waals surface area (Å²) in [4.78, 5) is 4.26. The maximum absolute atomic E-state index is 12.6. The Morgan fingerprint density at radius 3 is 2.62 bits per heavy atom. The number of aliphatic hydroxyl groups is 1. The molecular weight excluding hydrogens is 332 g/mol. The van der Waals surface area contributed by atoms with Crippen molar-refractivity contribution in [1.29, 1.82) is 0 Å². The molecule has 3 rings (SSSR count). The Hall–Kier alpha value is -1.97. The molecule has 9 heteroatoms. The van der Waals surface area contributed by atoms with Crippen molar-refractivity contribution in [2.24, 2.45) is 13.0 Å². The average Bonchev–Trinajstić information content (AvgIpc) is 2.97. The van der Waals surface area contributed by atoms with Crippen LogP contribution in [0.5, 0.6) is 5.88 Å². The number of ether oxygens (including phenoxy) is 1. The quantitative estimate of drug-likeness (QED) is 0.789. The van der Waals surface area contributed by atoms with Crippen LogP contribution in [0.1, 0.15) is 24.4 Å². The molecule has 0 unspecified atom stereocenters. The minimum Gasteiger partial charge on any atom is -0.481 e. The lowest BCUT2D eigenvalue weighted by atomic mass is 9.76. The van der Waals surface area contributed by atoms with E-state index < -0.39 is 16.1 Å². The average molecular weight is 352 g/mol. The molecular formula is C15H20N4O4S. The van der Waals surface area contributed by atoms with Gasteiger partial charge in [0.2, 0.25) is 15.9 Å². The third kappa shape index (κ3) is 3.42. The number of methoxy groups -OCH3 is 1. The Morgan fingerprint density at radius 1 is 1.38 bits per heavy atom. The molecule has 0 spiro atoms. The first-order valence-corrected chi connectivity index (χ1v) is 9.06. The van der Waals surface area contributed by atoms with E-state index in [0.29, 0.717) is 18.7 Å². The second-order valence-corrected chi connectivity index (χ2v) is 7.68.